The molecule has 1 N–H and O–H groups in total. The summed E-state index contributed by atoms with van der Waals surface area (Å²) >= 11 is 11.3. The highest BCUT2D eigenvalue weighted by molar-refractivity contribution is 7.80. The van der Waals surface area contributed by atoms with Crippen molar-refractivity contribution in [1.82, 2.24) is 0 Å². The lowest BCUT2D eigenvalue weighted by Crippen LogP contribution is -1.97. The molecular weight excluding hydrogens is 240 g/mol. The summed E-state index contributed by atoms with van der Waals surface area (Å²) in [6.07, 6.45) is 0. The number of carboxylic acid groups (broad SMARTS) is 1. The molecule has 0 amide bonds. The normalized spacial score (nSPS) is 10.7. The van der Waals surface area contributed by atoms with Gasteiger partial charge in [-0.3, -0.25) is 0 Å². The average Bonchev–Trinajstić information content (AvgIpc) is 2.43. The van der Waals surface area contributed by atoms with E-state index in [0.717, 1.165) is 4.70 Å². The number of benzene rings is 1. The van der Waals surface area contributed by atoms with E-state index in [1.807, 2.05) is 6.07 Å². The summed E-state index contributed by atoms with van der Waals surface area (Å²) in [4.78, 5) is 11.4. The summed E-state index contributed by atoms with van der Waals surface area (Å²) in [5, 5.41) is 9.64. The molecule has 0 saturated carbocycles. The van der Waals surface area contributed by atoms with Gasteiger partial charge in [0.15, 0.2) is 0 Å². The zero-order valence-corrected chi connectivity index (χ0v) is 9.29. The van der Waals surface area contributed by atoms with Crippen molar-refractivity contribution in [2.24, 2.45) is 0 Å². The molecule has 14 heavy (non-hydrogen) atoms. The van der Waals surface area contributed by atoms with Gasteiger partial charge in [0, 0.05) is 15.0 Å². The summed E-state index contributed by atoms with van der Waals surface area (Å²) in [7, 11) is 0. The molecule has 0 radical (unpaired) electrons. The highest BCUT2D eigenvalue weighted by atomic mass is 35.5. The van der Waals surface area contributed by atoms with E-state index in [-0.39, 0.29) is 5.56 Å². The molecule has 0 aliphatic heterocycles. The first-order valence-corrected chi connectivity index (χ1v) is 5.38. The van der Waals surface area contributed by atoms with E-state index < -0.39 is 5.97 Å². The van der Waals surface area contributed by atoms with Gasteiger partial charge in [-0.25, -0.2) is 4.79 Å². The van der Waals surface area contributed by atoms with E-state index in [0.29, 0.717) is 14.6 Å². The number of aromatic carboxylic acids is 1. The third-order valence-electron chi connectivity index (χ3n) is 1.86. The molecule has 0 aliphatic rings. The molecule has 2 rings (SSSR count). The number of carbonyl (C=O) groups is 1. The molecule has 0 aliphatic carbocycles. The summed E-state index contributed by atoms with van der Waals surface area (Å²) < 4.78 is 1.45. The SMILES string of the molecule is O=C(O)c1c(S)ccc2sc(Cl)cc12. The lowest BCUT2D eigenvalue weighted by atomic mass is 10.1. The Morgan fingerprint density at radius 3 is 2.86 bits per heavy atom. The lowest BCUT2D eigenvalue weighted by Gasteiger charge is -2.00. The van der Waals surface area contributed by atoms with Crippen LogP contribution in [0.3, 0.4) is 0 Å². The standard InChI is InChI=1S/C9H5ClO2S2/c10-7-3-4-6(14-7)2-1-5(13)8(4)9(11)12/h1-3,13H,(H,11,12). The maximum atomic E-state index is 11.0. The number of rotatable bonds is 1. The second-order valence-electron chi connectivity index (χ2n) is 2.73. The largest absolute Gasteiger partial charge is 0.478 e. The molecule has 72 valence electrons. The molecule has 0 unspecified atom stereocenters. The topological polar surface area (TPSA) is 37.3 Å². The van der Waals surface area contributed by atoms with Gasteiger partial charge in [-0.2, -0.15) is 0 Å². The monoisotopic (exact) mass is 244 g/mol. The average molecular weight is 245 g/mol. The Morgan fingerprint density at radius 2 is 2.21 bits per heavy atom. The third kappa shape index (κ3) is 1.49. The molecule has 0 atom stereocenters. The van der Waals surface area contributed by atoms with Gasteiger partial charge < -0.3 is 5.11 Å². The first-order chi connectivity index (χ1) is 6.59. The van der Waals surface area contributed by atoms with Crippen LogP contribution in [0.2, 0.25) is 4.34 Å². The van der Waals surface area contributed by atoms with E-state index in [1.165, 1.54) is 11.3 Å². The maximum Gasteiger partial charge on any atom is 0.337 e. The van der Waals surface area contributed by atoms with Crippen LogP contribution in [0.4, 0.5) is 0 Å². The zero-order valence-electron chi connectivity index (χ0n) is 6.82. The Bertz CT molecular complexity index is 519. The second-order valence-corrected chi connectivity index (χ2v) is 4.92. The van der Waals surface area contributed by atoms with Crippen LogP contribution in [0.25, 0.3) is 10.1 Å². The Morgan fingerprint density at radius 1 is 1.50 bits per heavy atom. The number of halogens is 1. The van der Waals surface area contributed by atoms with Crippen molar-refractivity contribution in [3.05, 3.63) is 28.1 Å². The fraction of sp³-hybridized carbons (Fsp3) is 0. The Hall–Kier alpha value is -0.710. The lowest BCUT2D eigenvalue weighted by molar-refractivity contribution is 0.0695. The molecule has 5 heteroatoms. The molecule has 2 aromatic rings. The van der Waals surface area contributed by atoms with Gasteiger partial charge in [-0.15, -0.1) is 24.0 Å². The molecule has 0 spiro atoms. The van der Waals surface area contributed by atoms with Gasteiger partial charge in [0.2, 0.25) is 0 Å². The van der Waals surface area contributed by atoms with Crippen molar-refractivity contribution in [2.75, 3.05) is 0 Å². The summed E-state index contributed by atoms with van der Waals surface area (Å²) in [6.45, 7) is 0. The third-order valence-corrected chi connectivity index (χ3v) is 3.46. The smallest absolute Gasteiger partial charge is 0.337 e. The van der Waals surface area contributed by atoms with Gasteiger partial charge in [0.25, 0.3) is 0 Å². The van der Waals surface area contributed by atoms with Crippen LogP contribution in [0.5, 0.6) is 0 Å². The van der Waals surface area contributed by atoms with E-state index in [4.69, 9.17) is 16.7 Å². The minimum absolute atomic E-state index is 0.217. The highest BCUT2D eigenvalue weighted by Crippen LogP contribution is 2.34. The first kappa shape index (κ1) is 9.83. The summed E-state index contributed by atoms with van der Waals surface area (Å²) in [5.41, 5.74) is 0.217. The van der Waals surface area contributed by atoms with Gasteiger partial charge in [0.05, 0.1) is 9.90 Å². The Balaban J connectivity index is 2.88. The number of hydrogen-bond acceptors (Lipinski definition) is 3. The van der Waals surface area contributed by atoms with Gasteiger partial charge >= 0.3 is 5.97 Å². The van der Waals surface area contributed by atoms with E-state index in [1.54, 1.807) is 12.1 Å². The number of thiol groups is 1. The molecule has 0 fully saturated rings. The molecule has 1 aromatic carbocycles. The predicted octanol–water partition coefficient (Wildman–Crippen LogP) is 3.54. The fourth-order valence-corrected chi connectivity index (χ4v) is 2.74. The molecular formula is C9H5ClO2S2. The summed E-state index contributed by atoms with van der Waals surface area (Å²) in [5.74, 6) is -0.977. The Labute approximate surface area is 94.5 Å². The van der Waals surface area contributed by atoms with Crippen molar-refractivity contribution in [1.29, 1.82) is 0 Å². The molecule has 0 bridgehead atoms. The first-order valence-electron chi connectivity index (χ1n) is 3.74. The highest BCUT2D eigenvalue weighted by Gasteiger charge is 2.14. The summed E-state index contributed by atoms with van der Waals surface area (Å²) in [6, 6.07) is 5.15. The van der Waals surface area contributed by atoms with Crippen molar-refractivity contribution in [3.8, 4) is 0 Å². The van der Waals surface area contributed by atoms with Crippen LogP contribution in [0.1, 0.15) is 10.4 Å². The van der Waals surface area contributed by atoms with Crippen molar-refractivity contribution in [2.45, 2.75) is 4.90 Å². The molecule has 1 aromatic heterocycles. The van der Waals surface area contributed by atoms with Crippen molar-refractivity contribution in [3.63, 3.8) is 0 Å². The van der Waals surface area contributed by atoms with Gasteiger partial charge in [0.1, 0.15) is 0 Å². The van der Waals surface area contributed by atoms with Crippen molar-refractivity contribution >= 4 is 51.6 Å². The van der Waals surface area contributed by atoms with Crippen LogP contribution in [-0.4, -0.2) is 11.1 Å². The van der Waals surface area contributed by atoms with E-state index in [9.17, 15) is 4.79 Å². The van der Waals surface area contributed by atoms with Crippen molar-refractivity contribution < 1.29 is 9.90 Å². The van der Waals surface area contributed by atoms with E-state index in [2.05, 4.69) is 12.6 Å². The second kappa shape index (κ2) is 3.46. The predicted molar refractivity (Wildman–Crippen MR) is 61.0 cm³/mol. The number of fused-ring (bicyclic) bond motifs is 1. The minimum Gasteiger partial charge on any atom is -0.478 e. The Kier molecular flexibility index (Phi) is 2.43. The maximum absolute atomic E-state index is 11.0. The molecule has 1 heterocycles. The fourth-order valence-electron chi connectivity index (χ4n) is 1.29. The quantitative estimate of drug-likeness (QED) is 0.753. The number of hydrogen-bond donors (Lipinski definition) is 2. The zero-order chi connectivity index (χ0) is 10.3. The van der Waals surface area contributed by atoms with E-state index >= 15 is 0 Å². The minimum atomic E-state index is -0.977. The number of carboxylic acids is 1. The van der Waals surface area contributed by atoms with Crippen LogP contribution < -0.4 is 0 Å². The van der Waals surface area contributed by atoms with Crippen LogP contribution in [-0.2, 0) is 0 Å². The van der Waals surface area contributed by atoms with Gasteiger partial charge in [-0.1, -0.05) is 11.6 Å². The van der Waals surface area contributed by atoms with Crippen LogP contribution >= 0.6 is 35.6 Å². The molecule has 2 nitrogen and oxygen atoms in total. The van der Waals surface area contributed by atoms with Crippen LogP contribution in [0.15, 0.2) is 23.1 Å². The molecule has 0 saturated heterocycles. The number of thiophene rings is 1. The van der Waals surface area contributed by atoms with Crippen LogP contribution in [0, 0.1) is 0 Å². The van der Waals surface area contributed by atoms with Gasteiger partial charge in [-0.05, 0) is 18.2 Å².